The highest BCUT2D eigenvalue weighted by atomic mass is 35.5. The highest BCUT2D eigenvalue weighted by molar-refractivity contribution is 7.92. The zero-order valence-electron chi connectivity index (χ0n) is 19.7. The van der Waals surface area contributed by atoms with E-state index in [1.807, 2.05) is 58.0 Å². The van der Waals surface area contributed by atoms with Gasteiger partial charge in [-0.25, -0.2) is 8.42 Å². The highest BCUT2D eigenvalue weighted by Gasteiger charge is 2.33. The van der Waals surface area contributed by atoms with Crippen molar-refractivity contribution in [3.8, 4) is 0 Å². The second-order valence-electron chi connectivity index (χ2n) is 8.92. The monoisotopic (exact) mass is 493 g/mol. The molecule has 2 rings (SSSR count). The minimum Gasteiger partial charge on any atom is -0.350 e. The first kappa shape index (κ1) is 26.7. The summed E-state index contributed by atoms with van der Waals surface area (Å²) in [6.07, 6.45) is 1.41. The molecule has 0 aliphatic rings. The van der Waals surface area contributed by atoms with Crippen LogP contribution in [0.2, 0.25) is 5.02 Å². The number of hydrogen-bond acceptors (Lipinski definition) is 4. The van der Waals surface area contributed by atoms with E-state index in [0.29, 0.717) is 11.4 Å². The van der Waals surface area contributed by atoms with E-state index >= 15 is 0 Å². The van der Waals surface area contributed by atoms with E-state index in [4.69, 9.17) is 11.6 Å². The van der Waals surface area contributed by atoms with Crippen molar-refractivity contribution in [1.29, 1.82) is 0 Å². The second-order valence-corrected chi connectivity index (χ2v) is 11.3. The van der Waals surface area contributed by atoms with Crippen molar-refractivity contribution in [3.63, 3.8) is 0 Å². The molecule has 0 spiro atoms. The van der Waals surface area contributed by atoms with Crippen LogP contribution in [-0.4, -0.2) is 49.5 Å². The van der Waals surface area contributed by atoms with E-state index in [-0.39, 0.29) is 18.1 Å². The topological polar surface area (TPSA) is 86.8 Å². The van der Waals surface area contributed by atoms with Crippen LogP contribution in [0, 0.1) is 0 Å². The molecule has 2 amide bonds. The molecule has 0 bridgehead atoms. The molecule has 0 radical (unpaired) electrons. The van der Waals surface area contributed by atoms with Crippen LogP contribution in [0.4, 0.5) is 5.69 Å². The summed E-state index contributed by atoms with van der Waals surface area (Å²) in [6, 6.07) is 14.8. The molecule has 180 valence electrons. The van der Waals surface area contributed by atoms with Gasteiger partial charge in [-0.15, -0.1) is 0 Å². The Morgan fingerprint density at radius 2 is 1.70 bits per heavy atom. The molecule has 33 heavy (non-hydrogen) atoms. The summed E-state index contributed by atoms with van der Waals surface area (Å²) in [7, 11) is -3.79. The van der Waals surface area contributed by atoms with Crippen LogP contribution in [0.15, 0.2) is 54.6 Å². The van der Waals surface area contributed by atoms with Crippen LogP contribution in [0.25, 0.3) is 0 Å². The number of rotatable bonds is 9. The van der Waals surface area contributed by atoms with Crippen LogP contribution >= 0.6 is 11.6 Å². The molecule has 0 saturated carbocycles. The second kappa shape index (κ2) is 11.0. The maximum atomic E-state index is 13.5. The number of sulfonamides is 1. The van der Waals surface area contributed by atoms with Gasteiger partial charge < -0.3 is 10.2 Å². The van der Waals surface area contributed by atoms with E-state index in [9.17, 15) is 18.0 Å². The van der Waals surface area contributed by atoms with Crippen LogP contribution in [0.1, 0.15) is 39.7 Å². The van der Waals surface area contributed by atoms with Gasteiger partial charge >= 0.3 is 0 Å². The van der Waals surface area contributed by atoms with Crippen molar-refractivity contribution < 1.29 is 18.0 Å². The number of carbonyl (C=O) groups excluding carboxylic acids is 2. The summed E-state index contributed by atoms with van der Waals surface area (Å²) < 4.78 is 26.1. The van der Waals surface area contributed by atoms with Gasteiger partial charge in [0.15, 0.2) is 0 Å². The molecule has 0 heterocycles. The normalized spacial score (nSPS) is 12.7. The minimum atomic E-state index is -3.79. The Kier molecular flexibility index (Phi) is 8.91. The number of nitrogens with zero attached hydrogens (tertiary/aromatic N) is 2. The first-order valence-electron chi connectivity index (χ1n) is 10.7. The van der Waals surface area contributed by atoms with Crippen LogP contribution < -0.4 is 9.62 Å². The molecule has 7 nitrogen and oxygen atoms in total. The molecular weight excluding hydrogens is 462 g/mol. The minimum absolute atomic E-state index is 0.170. The Morgan fingerprint density at radius 1 is 1.06 bits per heavy atom. The Balaban J connectivity index is 2.43. The number of benzene rings is 2. The van der Waals surface area contributed by atoms with Gasteiger partial charge in [-0.2, -0.15) is 0 Å². The SMILES string of the molecule is CC[C@@H](C(=O)NC(C)(C)C)N(Cc1ccccc1)C(=O)CN(c1cccc(Cl)c1)S(C)(=O)=O. The molecule has 0 fully saturated rings. The molecule has 2 aromatic carbocycles. The number of halogens is 1. The van der Waals surface area contributed by atoms with Gasteiger partial charge in [0.05, 0.1) is 11.9 Å². The third kappa shape index (κ3) is 8.05. The molecular formula is C24H32ClN3O4S. The lowest BCUT2D eigenvalue weighted by molar-refractivity contribution is -0.141. The molecule has 0 unspecified atom stereocenters. The van der Waals surface area contributed by atoms with E-state index in [1.54, 1.807) is 18.2 Å². The third-order valence-electron chi connectivity index (χ3n) is 4.86. The van der Waals surface area contributed by atoms with Crippen LogP contribution in [-0.2, 0) is 26.2 Å². The van der Waals surface area contributed by atoms with Crippen molar-refractivity contribution in [2.24, 2.45) is 0 Å². The maximum absolute atomic E-state index is 13.5. The first-order valence-corrected chi connectivity index (χ1v) is 12.9. The largest absolute Gasteiger partial charge is 0.350 e. The standard InChI is InChI=1S/C24H32ClN3O4S/c1-6-21(23(30)26-24(2,3)4)27(16-18-11-8-7-9-12-18)22(29)17-28(33(5,31)32)20-14-10-13-19(25)15-20/h7-15,21H,6,16-17H2,1-5H3,(H,26,30)/t21-/m0/s1. The zero-order chi connectivity index (χ0) is 24.8. The van der Waals surface area contributed by atoms with E-state index in [2.05, 4.69) is 5.32 Å². The fourth-order valence-corrected chi connectivity index (χ4v) is 4.42. The molecule has 0 saturated heterocycles. The fraction of sp³-hybridized carbons (Fsp3) is 0.417. The lowest BCUT2D eigenvalue weighted by Gasteiger charge is -2.34. The number of carbonyl (C=O) groups is 2. The number of nitrogens with one attached hydrogen (secondary N) is 1. The molecule has 1 atom stereocenters. The van der Waals surface area contributed by atoms with E-state index in [1.165, 1.54) is 11.0 Å². The van der Waals surface area contributed by atoms with Gasteiger partial charge in [0.2, 0.25) is 21.8 Å². The lowest BCUT2D eigenvalue weighted by atomic mass is 10.1. The molecule has 1 N–H and O–H groups in total. The Bertz CT molecular complexity index is 1070. The molecule has 0 aliphatic heterocycles. The summed E-state index contributed by atoms with van der Waals surface area (Å²) >= 11 is 6.05. The summed E-state index contributed by atoms with van der Waals surface area (Å²) in [5.74, 6) is -0.775. The number of anilines is 1. The quantitative estimate of drug-likeness (QED) is 0.575. The van der Waals surface area contributed by atoms with Gasteiger partial charge in [-0.3, -0.25) is 13.9 Å². The summed E-state index contributed by atoms with van der Waals surface area (Å²) in [5.41, 5.74) is 0.637. The average Bonchev–Trinajstić information content (AvgIpc) is 2.70. The maximum Gasteiger partial charge on any atom is 0.244 e. The van der Waals surface area contributed by atoms with Gasteiger partial charge in [0, 0.05) is 17.1 Å². The number of hydrogen-bond donors (Lipinski definition) is 1. The Hall–Kier alpha value is -2.58. The fourth-order valence-electron chi connectivity index (χ4n) is 3.40. The molecule has 0 aromatic heterocycles. The van der Waals surface area contributed by atoms with Crippen LogP contribution in [0.3, 0.4) is 0 Å². The van der Waals surface area contributed by atoms with Crippen molar-refractivity contribution in [1.82, 2.24) is 10.2 Å². The number of amides is 2. The predicted molar refractivity (Wildman–Crippen MR) is 133 cm³/mol. The van der Waals surface area contributed by atoms with Crippen molar-refractivity contribution >= 4 is 39.1 Å². The van der Waals surface area contributed by atoms with Gasteiger partial charge in [-0.05, 0) is 51.0 Å². The summed E-state index contributed by atoms with van der Waals surface area (Å²) in [5, 5.41) is 3.28. The smallest absolute Gasteiger partial charge is 0.244 e. The first-order chi connectivity index (χ1) is 15.3. The van der Waals surface area contributed by atoms with Crippen LogP contribution in [0.5, 0.6) is 0 Å². The molecule has 9 heteroatoms. The van der Waals surface area contributed by atoms with Crippen molar-refractivity contribution in [3.05, 3.63) is 65.2 Å². The zero-order valence-corrected chi connectivity index (χ0v) is 21.3. The summed E-state index contributed by atoms with van der Waals surface area (Å²) in [6.45, 7) is 7.14. The van der Waals surface area contributed by atoms with Crippen molar-refractivity contribution in [2.75, 3.05) is 17.1 Å². The summed E-state index contributed by atoms with van der Waals surface area (Å²) in [4.78, 5) is 28.1. The molecule has 2 aromatic rings. The highest BCUT2D eigenvalue weighted by Crippen LogP contribution is 2.23. The van der Waals surface area contributed by atoms with E-state index < -0.39 is 34.1 Å². The van der Waals surface area contributed by atoms with Crippen molar-refractivity contribution in [2.45, 2.75) is 52.2 Å². The van der Waals surface area contributed by atoms with Gasteiger partial charge in [0.25, 0.3) is 0 Å². The third-order valence-corrected chi connectivity index (χ3v) is 6.23. The Labute approximate surface area is 201 Å². The van der Waals surface area contributed by atoms with Gasteiger partial charge in [0.1, 0.15) is 12.6 Å². The predicted octanol–water partition coefficient (Wildman–Crippen LogP) is 3.83. The molecule has 0 aliphatic carbocycles. The lowest BCUT2D eigenvalue weighted by Crippen LogP contribution is -2.55. The average molecular weight is 494 g/mol. The van der Waals surface area contributed by atoms with Gasteiger partial charge in [-0.1, -0.05) is 54.9 Å². The Morgan fingerprint density at radius 3 is 2.21 bits per heavy atom. The van der Waals surface area contributed by atoms with E-state index in [0.717, 1.165) is 16.1 Å².